The van der Waals surface area contributed by atoms with Gasteiger partial charge in [-0.1, -0.05) is 6.42 Å². The summed E-state index contributed by atoms with van der Waals surface area (Å²) in [5, 5.41) is 13.1. The van der Waals surface area contributed by atoms with Gasteiger partial charge in [0.2, 0.25) is 0 Å². The molecule has 2 aromatic carbocycles. The van der Waals surface area contributed by atoms with Crippen molar-refractivity contribution in [3.63, 3.8) is 0 Å². The van der Waals surface area contributed by atoms with Gasteiger partial charge in [0.25, 0.3) is 0 Å². The first-order valence-electron chi connectivity index (χ1n) is 12.0. The first kappa shape index (κ1) is 20.5. The normalized spacial score (nSPS) is 23.9. The van der Waals surface area contributed by atoms with Crippen molar-refractivity contribution in [2.75, 3.05) is 25.5 Å². The summed E-state index contributed by atoms with van der Waals surface area (Å²) in [7, 11) is 1.68. The second kappa shape index (κ2) is 9.39. The molecule has 2 atom stereocenters. The maximum Gasteiger partial charge on any atom is 0.119 e. The molecule has 5 rings (SSSR count). The molecule has 2 aliphatic heterocycles. The molecule has 164 valence electrons. The smallest absolute Gasteiger partial charge is 0.119 e. The van der Waals surface area contributed by atoms with Gasteiger partial charge in [-0.3, -0.25) is 4.90 Å². The highest BCUT2D eigenvalue weighted by Crippen LogP contribution is 2.37. The SMILES string of the molecule is COc1ccc(N=Nc2ccc(N[C@@H]3CCCN4CCCC[C@H]34)c3c2CCCC3)cc1. The van der Waals surface area contributed by atoms with Crippen LogP contribution < -0.4 is 10.1 Å². The Kier molecular flexibility index (Phi) is 6.21. The van der Waals surface area contributed by atoms with Crippen molar-refractivity contribution in [1.29, 1.82) is 0 Å². The predicted octanol–water partition coefficient (Wildman–Crippen LogP) is 6.42. The van der Waals surface area contributed by atoms with Gasteiger partial charge in [-0.15, -0.1) is 0 Å². The molecule has 2 saturated heterocycles. The Labute approximate surface area is 185 Å². The third kappa shape index (κ3) is 4.47. The summed E-state index contributed by atoms with van der Waals surface area (Å²) in [6.07, 6.45) is 11.4. The van der Waals surface area contributed by atoms with Crippen molar-refractivity contribution in [2.45, 2.75) is 69.9 Å². The lowest BCUT2D eigenvalue weighted by Crippen LogP contribution is -2.53. The molecule has 0 amide bonds. The summed E-state index contributed by atoms with van der Waals surface area (Å²) in [5.41, 5.74) is 6.09. The summed E-state index contributed by atoms with van der Waals surface area (Å²) in [6, 6.07) is 13.5. The van der Waals surface area contributed by atoms with Crippen LogP contribution in [-0.4, -0.2) is 37.2 Å². The Morgan fingerprint density at radius 3 is 2.48 bits per heavy atom. The molecule has 2 fully saturated rings. The number of rotatable bonds is 5. The number of nitrogens with zero attached hydrogens (tertiary/aromatic N) is 3. The van der Waals surface area contributed by atoms with E-state index in [9.17, 15) is 0 Å². The zero-order valence-corrected chi connectivity index (χ0v) is 18.6. The van der Waals surface area contributed by atoms with Crippen LogP contribution in [0.25, 0.3) is 0 Å². The lowest BCUT2D eigenvalue weighted by molar-refractivity contribution is 0.0977. The third-order valence-electron chi connectivity index (χ3n) is 7.29. The van der Waals surface area contributed by atoms with Gasteiger partial charge >= 0.3 is 0 Å². The van der Waals surface area contributed by atoms with E-state index in [4.69, 9.17) is 4.74 Å². The van der Waals surface area contributed by atoms with Crippen molar-refractivity contribution in [2.24, 2.45) is 10.2 Å². The highest BCUT2D eigenvalue weighted by Gasteiger charge is 2.33. The summed E-state index contributed by atoms with van der Waals surface area (Å²) < 4.78 is 5.23. The molecule has 31 heavy (non-hydrogen) atoms. The highest BCUT2D eigenvalue weighted by molar-refractivity contribution is 5.65. The molecule has 0 radical (unpaired) electrons. The van der Waals surface area contributed by atoms with E-state index >= 15 is 0 Å². The fourth-order valence-corrected chi connectivity index (χ4v) is 5.66. The second-order valence-electron chi connectivity index (χ2n) is 9.19. The van der Waals surface area contributed by atoms with Gasteiger partial charge in [0.05, 0.1) is 18.5 Å². The molecule has 0 saturated carbocycles. The standard InChI is InChI=1S/C26H34N4O/c1-31-20-13-11-19(12-14-20)28-29-24-16-15-23(21-7-2-3-8-22(21)24)27-25-9-6-18-30-17-5-4-10-26(25)30/h11-16,25-27H,2-10,17-18H2,1H3/t25-,26-/m1/s1. The zero-order valence-electron chi connectivity index (χ0n) is 18.6. The molecular formula is C26H34N4O. The van der Waals surface area contributed by atoms with E-state index in [-0.39, 0.29) is 0 Å². The van der Waals surface area contributed by atoms with Crippen molar-refractivity contribution < 1.29 is 4.74 Å². The molecule has 2 aromatic rings. The van der Waals surface area contributed by atoms with Gasteiger partial charge < -0.3 is 10.1 Å². The molecule has 5 nitrogen and oxygen atoms in total. The number of azo groups is 1. The van der Waals surface area contributed by atoms with Crippen molar-refractivity contribution in [3.05, 3.63) is 47.5 Å². The van der Waals surface area contributed by atoms with Crippen LogP contribution in [0, 0.1) is 0 Å². The molecule has 3 aliphatic rings. The molecule has 5 heteroatoms. The van der Waals surface area contributed by atoms with Crippen LogP contribution in [-0.2, 0) is 12.8 Å². The molecule has 0 aromatic heterocycles. The second-order valence-corrected chi connectivity index (χ2v) is 9.19. The van der Waals surface area contributed by atoms with Crippen molar-refractivity contribution >= 4 is 17.1 Å². The Balaban J connectivity index is 1.38. The number of benzene rings is 2. The molecule has 1 aliphatic carbocycles. The van der Waals surface area contributed by atoms with Crippen LogP contribution in [0.1, 0.15) is 56.1 Å². The summed E-state index contributed by atoms with van der Waals surface area (Å²) in [5.74, 6) is 0.839. The number of hydrogen-bond acceptors (Lipinski definition) is 5. The number of fused-ring (bicyclic) bond motifs is 2. The topological polar surface area (TPSA) is 49.2 Å². The number of ether oxygens (including phenoxy) is 1. The number of hydrogen-bond donors (Lipinski definition) is 1. The minimum Gasteiger partial charge on any atom is -0.497 e. The van der Waals surface area contributed by atoms with E-state index in [2.05, 4.69) is 32.6 Å². The Morgan fingerprint density at radius 2 is 1.65 bits per heavy atom. The maximum absolute atomic E-state index is 5.23. The van der Waals surface area contributed by atoms with Crippen LogP contribution in [0.15, 0.2) is 46.6 Å². The van der Waals surface area contributed by atoms with E-state index in [0.29, 0.717) is 12.1 Å². The van der Waals surface area contributed by atoms with Gasteiger partial charge in [-0.2, -0.15) is 10.2 Å². The summed E-state index contributed by atoms with van der Waals surface area (Å²) in [4.78, 5) is 2.73. The fraction of sp³-hybridized carbons (Fsp3) is 0.538. The monoisotopic (exact) mass is 418 g/mol. The van der Waals surface area contributed by atoms with E-state index in [1.165, 1.54) is 74.8 Å². The Morgan fingerprint density at radius 1 is 0.839 bits per heavy atom. The van der Waals surface area contributed by atoms with E-state index in [1.807, 2.05) is 24.3 Å². The minimum absolute atomic E-state index is 0.576. The van der Waals surface area contributed by atoms with E-state index in [0.717, 1.165) is 30.0 Å². The summed E-state index contributed by atoms with van der Waals surface area (Å²) >= 11 is 0. The van der Waals surface area contributed by atoms with Crippen LogP contribution in [0.5, 0.6) is 5.75 Å². The maximum atomic E-state index is 5.23. The van der Waals surface area contributed by atoms with Crippen LogP contribution in [0.4, 0.5) is 17.1 Å². The molecule has 2 heterocycles. The lowest BCUT2D eigenvalue weighted by Gasteiger charge is -2.45. The van der Waals surface area contributed by atoms with Crippen LogP contribution in [0.3, 0.4) is 0 Å². The van der Waals surface area contributed by atoms with Crippen LogP contribution >= 0.6 is 0 Å². The zero-order chi connectivity index (χ0) is 21.0. The quantitative estimate of drug-likeness (QED) is 0.570. The molecule has 0 spiro atoms. The highest BCUT2D eigenvalue weighted by atomic mass is 16.5. The van der Waals surface area contributed by atoms with Gasteiger partial charge in [0, 0.05) is 17.8 Å². The molecular weight excluding hydrogens is 384 g/mol. The largest absolute Gasteiger partial charge is 0.497 e. The molecule has 1 N–H and O–H groups in total. The lowest BCUT2D eigenvalue weighted by atomic mass is 9.86. The van der Waals surface area contributed by atoms with E-state index in [1.54, 1.807) is 7.11 Å². The van der Waals surface area contributed by atoms with Gasteiger partial charge in [-0.05, 0) is 112 Å². The van der Waals surface area contributed by atoms with Gasteiger partial charge in [0.1, 0.15) is 5.75 Å². The fourth-order valence-electron chi connectivity index (χ4n) is 5.66. The van der Waals surface area contributed by atoms with Crippen LogP contribution in [0.2, 0.25) is 0 Å². The average molecular weight is 419 g/mol. The number of anilines is 1. The Hall–Kier alpha value is -2.40. The number of nitrogens with one attached hydrogen (secondary N) is 1. The van der Waals surface area contributed by atoms with Gasteiger partial charge in [-0.25, -0.2) is 0 Å². The third-order valence-corrected chi connectivity index (χ3v) is 7.29. The minimum atomic E-state index is 0.576. The molecule has 0 bridgehead atoms. The molecule has 0 unspecified atom stereocenters. The first-order valence-corrected chi connectivity index (χ1v) is 12.0. The summed E-state index contributed by atoms with van der Waals surface area (Å²) in [6.45, 7) is 2.57. The Bertz CT molecular complexity index is 922. The average Bonchev–Trinajstić information content (AvgIpc) is 2.84. The van der Waals surface area contributed by atoms with Gasteiger partial charge in [0.15, 0.2) is 0 Å². The van der Waals surface area contributed by atoms with Crippen molar-refractivity contribution in [3.8, 4) is 5.75 Å². The number of methoxy groups -OCH3 is 1. The number of piperidine rings is 2. The first-order chi connectivity index (χ1) is 15.3. The van der Waals surface area contributed by atoms with E-state index < -0.39 is 0 Å². The predicted molar refractivity (Wildman–Crippen MR) is 126 cm³/mol. The van der Waals surface area contributed by atoms with Crippen molar-refractivity contribution in [1.82, 2.24) is 4.90 Å².